The molecule has 0 unspecified atom stereocenters. The maximum atomic E-state index is 8.55. The minimum atomic E-state index is -0.0865. The van der Waals surface area contributed by atoms with Crippen LogP contribution in [-0.2, 0) is 0 Å². The van der Waals surface area contributed by atoms with E-state index in [9.17, 15) is 0 Å². The van der Waals surface area contributed by atoms with Crippen molar-refractivity contribution in [2.24, 2.45) is 10.7 Å². The van der Waals surface area contributed by atoms with E-state index in [4.69, 9.17) is 20.4 Å². The van der Waals surface area contributed by atoms with Gasteiger partial charge in [0.15, 0.2) is 11.5 Å². The summed E-state index contributed by atoms with van der Waals surface area (Å²) in [5, 5.41) is 8.55. The van der Waals surface area contributed by atoms with Crippen LogP contribution in [0.15, 0.2) is 23.2 Å². The summed E-state index contributed by atoms with van der Waals surface area (Å²) in [5.74, 6) is 1.17. The molecule has 0 saturated carbocycles. The predicted octanol–water partition coefficient (Wildman–Crippen LogP) is 1.41. The van der Waals surface area contributed by atoms with Gasteiger partial charge in [-0.3, -0.25) is 5.21 Å². The van der Waals surface area contributed by atoms with E-state index in [1.54, 1.807) is 23.7 Å². The van der Waals surface area contributed by atoms with Gasteiger partial charge < -0.3 is 15.2 Å². The van der Waals surface area contributed by atoms with Crippen molar-refractivity contribution in [3.63, 3.8) is 0 Å². The van der Waals surface area contributed by atoms with Gasteiger partial charge >= 0.3 is 0 Å². The fourth-order valence-corrected chi connectivity index (χ4v) is 1.27. The predicted molar refractivity (Wildman–Crippen MR) is 65.0 cm³/mol. The number of rotatable bonds is 5. The first-order chi connectivity index (χ1) is 8.21. The van der Waals surface area contributed by atoms with Crippen LogP contribution in [-0.4, -0.2) is 24.4 Å². The number of nitrogens with two attached hydrogens (primary N) is 1. The molecule has 1 aromatic rings. The van der Waals surface area contributed by atoms with Crippen LogP contribution in [0, 0.1) is 0 Å². The zero-order valence-electron chi connectivity index (χ0n) is 9.93. The lowest BCUT2D eigenvalue weighted by Crippen LogP contribution is -2.27. The van der Waals surface area contributed by atoms with Gasteiger partial charge in [-0.2, -0.15) is 0 Å². The molecule has 0 spiro atoms. The smallest absolute Gasteiger partial charge is 0.218 e. The monoisotopic (exact) mass is 239 g/mol. The van der Waals surface area contributed by atoms with Gasteiger partial charge in [0.05, 0.1) is 18.9 Å². The lowest BCUT2D eigenvalue weighted by atomic mass is 10.3. The maximum Gasteiger partial charge on any atom is 0.218 e. The summed E-state index contributed by atoms with van der Waals surface area (Å²) in [6, 6.07) is 5.16. The standard InChI is InChI=1S/C11H17N3O3/c1-3-16-9-6-5-8(13-11(12)14-15)7-10(9)17-4-2/h5-7,15H,3-4H2,1-2H3,(H3,12,13,14). The lowest BCUT2D eigenvalue weighted by molar-refractivity contribution is 0.233. The highest BCUT2D eigenvalue weighted by molar-refractivity contribution is 5.80. The number of benzene rings is 1. The van der Waals surface area contributed by atoms with Gasteiger partial charge in [0, 0.05) is 6.07 Å². The Morgan fingerprint density at radius 3 is 2.53 bits per heavy atom. The minimum absolute atomic E-state index is 0.0865. The van der Waals surface area contributed by atoms with Crippen LogP contribution >= 0.6 is 0 Å². The molecule has 1 aromatic carbocycles. The number of hydrogen-bond acceptors (Lipinski definition) is 4. The first kappa shape index (κ1) is 13.1. The number of aliphatic imine (C=N–C) groups is 1. The number of nitrogens with one attached hydrogen (secondary N) is 1. The molecule has 17 heavy (non-hydrogen) atoms. The Kier molecular flexibility index (Phi) is 5.09. The SMILES string of the molecule is CCOc1ccc(N=C(N)NO)cc1OCC. The number of hydrogen-bond donors (Lipinski definition) is 3. The largest absolute Gasteiger partial charge is 0.490 e. The Bertz CT molecular complexity index is 394. The summed E-state index contributed by atoms with van der Waals surface area (Å²) in [5.41, 5.74) is 7.67. The van der Waals surface area contributed by atoms with Crippen molar-refractivity contribution in [3.05, 3.63) is 18.2 Å². The molecule has 0 fully saturated rings. The van der Waals surface area contributed by atoms with Crippen molar-refractivity contribution in [2.45, 2.75) is 13.8 Å². The first-order valence-corrected chi connectivity index (χ1v) is 5.35. The Labute approximate surface area is 100 Å². The molecule has 0 aliphatic rings. The second-order valence-electron chi connectivity index (χ2n) is 3.11. The zero-order chi connectivity index (χ0) is 12.7. The van der Waals surface area contributed by atoms with E-state index >= 15 is 0 Å². The third kappa shape index (κ3) is 3.84. The van der Waals surface area contributed by atoms with Crippen LogP contribution in [0.5, 0.6) is 11.5 Å². The molecule has 0 heterocycles. The fraction of sp³-hybridized carbons (Fsp3) is 0.364. The Hall–Kier alpha value is -1.95. The Balaban J connectivity index is 3.00. The van der Waals surface area contributed by atoms with Gasteiger partial charge in [0.1, 0.15) is 0 Å². The molecular formula is C11H17N3O3. The molecule has 0 radical (unpaired) electrons. The van der Waals surface area contributed by atoms with Crippen molar-refractivity contribution in [3.8, 4) is 11.5 Å². The molecule has 0 atom stereocenters. The van der Waals surface area contributed by atoms with Gasteiger partial charge in [-0.05, 0) is 26.0 Å². The van der Waals surface area contributed by atoms with Crippen molar-refractivity contribution >= 4 is 11.6 Å². The third-order valence-electron chi connectivity index (χ3n) is 1.89. The molecule has 0 aromatic heterocycles. The average molecular weight is 239 g/mol. The number of hydroxylamine groups is 1. The van der Waals surface area contributed by atoms with Crippen molar-refractivity contribution in [2.75, 3.05) is 13.2 Å². The highest BCUT2D eigenvalue weighted by Gasteiger charge is 2.05. The molecule has 0 aliphatic heterocycles. The summed E-state index contributed by atoms with van der Waals surface area (Å²) in [4.78, 5) is 3.92. The number of nitrogens with zero attached hydrogens (tertiary/aromatic N) is 1. The molecule has 0 amide bonds. The first-order valence-electron chi connectivity index (χ1n) is 5.35. The average Bonchev–Trinajstić information content (AvgIpc) is 2.33. The van der Waals surface area contributed by atoms with Crippen LogP contribution < -0.4 is 20.7 Å². The van der Waals surface area contributed by atoms with E-state index in [2.05, 4.69) is 4.99 Å². The molecule has 6 nitrogen and oxygen atoms in total. The minimum Gasteiger partial charge on any atom is -0.490 e. The second-order valence-corrected chi connectivity index (χ2v) is 3.11. The van der Waals surface area contributed by atoms with E-state index in [0.717, 1.165) is 0 Å². The van der Waals surface area contributed by atoms with Gasteiger partial charge in [-0.15, -0.1) is 0 Å². The van der Waals surface area contributed by atoms with Crippen LogP contribution in [0.4, 0.5) is 5.69 Å². The van der Waals surface area contributed by atoms with Crippen LogP contribution in [0.25, 0.3) is 0 Å². The topological polar surface area (TPSA) is 89.1 Å². The molecular weight excluding hydrogens is 222 g/mol. The van der Waals surface area contributed by atoms with Gasteiger partial charge in [-0.1, -0.05) is 0 Å². The fourth-order valence-electron chi connectivity index (χ4n) is 1.27. The summed E-state index contributed by atoms with van der Waals surface area (Å²) in [6.45, 7) is 4.87. The zero-order valence-corrected chi connectivity index (χ0v) is 9.93. The normalized spacial score (nSPS) is 11.1. The lowest BCUT2D eigenvalue weighted by Gasteiger charge is -2.11. The second kappa shape index (κ2) is 6.59. The summed E-state index contributed by atoms with van der Waals surface area (Å²) in [7, 11) is 0. The molecule has 4 N–H and O–H groups in total. The Morgan fingerprint density at radius 1 is 1.29 bits per heavy atom. The quantitative estimate of drug-likeness (QED) is 0.410. The van der Waals surface area contributed by atoms with Gasteiger partial charge in [-0.25, -0.2) is 10.5 Å². The molecule has 1 rings (SSSR count). The van der Waals surface area contributed by atoms with E-state index in [0.29, 0.717) is 30.4 Å². The van der Waals surface area contributed by atoms with Crippen LogP contribution in [0.2, 0.25) is 0 Å². The summed E-state index contributed by atoms with van der Waals surface area (Å²) in [6.07, 6.45) is 0. The van der Waals surface area contributed by atoms with Crippen molar-refractivity contribution < 1.29 is 14.7 Å². The third-order valence-corrected chi connectivity index (χ3v) is 1.89. The van der Waals surface area contributed by atoms with Gasteiger partial charge in [0.2, 0.25) is 5.96 Å². The maximum absolute atomic E-state index is 8.55. The van der Waals surface area contributed by atoms with Gasteiger partial charge in [0.25, 0.3) is 0 Å². The molecule has 0 bridgehead atoms. The number of ether oxygens (including phenoxy) is 2. The van der Waals surface area contributed by atoms with E-state index in [-0.39, 0.29) is 5.96 Å². The van der Waals surface area contributed by atoms with E-state index in [1.165, 1.54) is 0 Å². The van der Waals surface area contributed by atoms with Crippen LogP contribution in [0.1, 0.15) is 13.8 Å². The van der Waals surface area contributed by atoms with Crippen molar-refractivity contribution in [1.82, 2.24) is 5.48 Å². The molecule has 0 saturated heterocycles. The molecule has 0 aliphatic carbocycles. The summed E-state index contributed by atoms with van der Waals surface area (Å²) < 4.78 is 10.8. The van der Waals surface area contributed by atoms with Crippen LogP contribution in [0.3, 0.4) is 0 Å². The van der Waals surface area contributed by atoms with E-state index < -0.39 is 0 Å². The summed E-state index contributed by atoms with van der Waals surface area (Å²) >= 11 is 0. The Morgan fingerprint density at radius 2 is 1.94 bits per heavy atom. The molecule has 6 heteroatoms. The number of guanidine groups is 1. The molecule has 94 valence electrons. The van der Waals surface area contributed by atoms with E-state index in [1.807, 2.05) is 13.8 Å². The van der Waals surface area contributed by atoms with Crippen molar-refractivity contribution in [1.29, 1.82) is 0 Å². The highest BCUT2D eigenvalue weighted by atomic mass is 16.5. The highest BCUT2D eigenvalue weighted by Crippen LogP contribution is 2.31.